The Kier molecular flexibility index (Phi) is 3.20. The zero-order valence-electron chi connectivity index (χ0n) is 9.07. The van der Waals surface area contributed by atoms with Crippen LogP contribution in [0.15, 0.2) is 48.8 Å². The van der Waals surface area contributed by atoms with E-state index in [-0.39, 0.29) is 0 Å². The molecule has 0 bridgehead atoms. The van der Waals surface area contributed by atoms with E-state index in [4.69, 9.17) is 0 Å². The smallest absolute Gasteiger partial charge is 0.0432 e. The normalized spacial score (nSPS) is 9.06. The molecule has 2 aromatic rings. The van der Waals surface area contributed by atoms with Crippen LogP contribution in [-0.4, -0.2) is 12.0 Å². The van der Waals surface area contributed by atoms with Gasteiger partial charge in [0.1, 0.15) is 0 Å². The molecule has 0 radical (unpaired) electrons. The first-order valence-electron chi connectivity index (χ1n) is 5.08. The van der Waals surface area contributed by atoms with Gasteiger partial charge in [-0.15, -0.1) is 0 Å². The van der Waals surface area contributed by atoms with E-state index in [2.05, 4.69) is 22.1 Å². The monoisotopic (exact) mass is 208 g/mol. The molecule has 0 atom stereocenters. The van der Waals surface area contributed by atoms with E-state index in [0.717, 1.165) is 16.8 Å². The Bertz CT molecular complexity index is 504. The first-order valence-corrected chi connectivity index (χ1v) is 5.08. The number of rotatable bonds is 1. The largest absolute Gasteiger partial charge is 0.388 e. The fraction of sp³-hybridized carbons (Fsp3) is 0.0714. The fourth-order valence-electron chi connectivity index (χ4n) is 1.30. The highest BCUT2D eigenvalue weighted by atomic mass is 14.8. The van der Waals surface area contributed by atoms with Crippen LogP contribution in [0.25, 0.3) is 0 Å². The third-order valence-electron chi connectivity index (χ3n) is 2.19. The number of anilines is 1. The number of hydrogen-bond donors (Lipinski definition) is 1. The Labute approximate surface area is 95.4 Å². The van der Waals surface area contributed by atoms with Crippen LogP contribution in [0.5, 0.6) is 0 Å². The molecule has 16 heavy (non-hydrogen) atoms. The van der Waals surface area contributed by atoms with Crippen LogP contribution in [0, 0.1) is 11.8 Å². The van der Waals surface area contributed by atoms with E-state index in [0.29, 0.717) is 0 Å². The highest BCUT2D eigenvalue weighted by Crippen LogP contribution is 2.07. The average Bonchev–Trinajstić information content (AvgIpc) is 2.38. The van der Waals surface area contributed by atoms with Crippen LogP contribution >= 0.6 is 0 Å². The SMILES string of the molecule is CNc1ccc(C#Cc2cccnc2)cc1. The van der Waals surface area contributed by atoms with Gasteiger partial charge in [0.2, 0.25) is 0 Å². The summed E-state index contributed by atoms with van der Waals surface area (Å²) in [5.41, 5.74) is 3.02. The minimum Gasteiger partial charge on any atom is -0.388 e. The van der Waals surface area contributed by atoms with Gasteiger partial charge in [-0.2, -0.15) is 0 Å². The predicted octanol–water partition coefficient (Wildman–Crippen LogP) is 2.52. The third-order valence-corrected chi connectivity index (χ3v) is 2.19. The highest BCUT2D eigenvalue weighted by molar-refractivity contribution is 5.49. The molecule has 0 amide bonds. The van der Waals surface area contributed by atoms with Crippen molar-refractivity contribution in [3.8, 4) is 11.8 Å². The molecule has 2 rings (SSSR count). The van der Waals surface area contributed by atoms with Crippen molar-refractivity contribution in [2.45, 2.75) is 0 Å². The van der Waals surface area contributed by atoms with E-state index in [1.54, 1.807) is 12.4 Å². The van der Waals surface area contributed by atoms with E-state index in [1.807, 2.05) is 43.4 Å². The molecule has 1 aromatic carbocycles. The van der Waals surface area contributed by atoms with Crippen LogP contribution < -0.4 is 5.32 Å². The Morgan fingerprint density at radius 1 is 1.00 bits per heavy atom. The second-order valence-corrected chi connectivity index (χ2v) is 3.32. The van der Waals surface area contributed by atoms with E-state index >= 15 is 0 Å². The highest BCUT2D eigenvalue weighted by Gasteiger charge is 1.88. The molecule has 0 saturated carbocycles. The van der Waals surface area contributed by atoms with E-state index < -0.39 is 0 Å². The van der Waals surface area contributed by atoms with Crippen molar-refractivity contribution < 1.29 is 0 Å². The second kappa shape index (κ2) is 4.99. The standard InChI is InChI=1S/C14H12N2/c1-15-14-8-6-12(7-9-14)4-5-13-3-2-10-16-11-13/h2-3,6-11,15H,1H3. The first kappa shape index (κ1) is 10.3. The number of benzene rings is 1. The van der Waals surface area contributed by atoms with Crippen LogP contribution in [-0.2, 0) is 0 Å². The molecule has 78 valence electrons. The lowest BCUT2D eigenvalue weighted by atomic mass is 10.2. The molecule has 0 unspecified atom stereocenters. The van der Waals surface area contributed by atoms with Crippen LogP contribution in [0.1, 0.15) is 11.1 Å². The van der Waals surface area contributed by atoms with Crippen molar-refractivity contribution in [3.05, 3.63) is 59.9 Å². The van der Waals surface area contributed by atoms with Gasteiger partial charge in [-0.3, -0.25) is 4.98 Å². The van der Waals surface area contributed by atoms with Gasteiger partial charge in [0.25, 0.3) is 0 Å². The van der Waals surface area contributed by atoms with Crippen molar-refractivity contribution in [1.82, 2.24) is 4.98 Å². The van der Waals surface area contributed by atoms with E-state index in [1.165, 1.54) is 0 Å². The number of nitrogens with one attached hydrogen (secondary N) is 1. The summed E-state index contributed by atoms with van der Waals surface area (Å²) >= 11 is 0. The molecule has 1 heterocycles. The van der Waals surface area contributed by atoms with Gasteiger partial charge in [-0.1, -0.05) is 11.8 Å². The molecular weight excluding hydrogens is 196 g/mol. The number of hydrogen-bond acceptors (Lipinski definition) is 2. The molecule has 1 aromatic heterocycles. The maximum absolute atomic E-state index is 4.01. The van der Waals surface area contributed by atoms with Crippen molar-refractivity contribution in [2.24, 2.45) is 0 Å². The van der Waals surface area contributed by atoms with Crippen molar-refractivity contribution >= 4 is 5.69 Å². The summed E-state index contributed by atoms with van der Waals surface area (Å²) in [4.78, 5) is 4.01. The van der Waals surface area contributed by atoms with Crippen molar-refractivity contribution in [3.63, 3.8) is 0 Å². The predicted molar refractivity (Wildman–Crippen MR) is 66.2 cm³/mol. The lowest BCUT2D eigenvalue weighted by molar-refractivity contribution is 1.31. The Morgan fingerprint density at radius 3 is 2.38 bits per heavy atom. The summed E-state index contributed by atoms with van der Waals surface area (Å²) in [6.07, 6.45) is 3.50. The zero-order valence-corrected chi connectivity index (χ0v) is 9.07. The lowest BCUT2D eigenvalue weighted by Gasteiger charge is -1.97. The molecular formula is C14H12N2. The summed E-state index contributed by atoms with van der Waals surface area (Å²) in [5, 5.41) is 3.07. The fourth-order valence-corrected chi connectivity index (χ4v) is 1.30. The molecule has 1 N–H and O–H groups in total. The van der Waals surface area contributed by atoms with Gasteiger partial charge in [-0.05, 0) is 36.4 Å². The molecule has 0 aliphatic rings. The summed E-state index contributed by atoms with van der Waals surface area (Å²) in [7, 11) is 1.90. The summed E-state index contributed by atoms with van der Waals surface area (Å²) in [6, 6.07) is 11.8. The quantitative estimate of drug-likeness (QED) is 0.728. The van der Waals surface area contributed by atoms with Gasteiger partial charge >= 0.3 is 0 Å². The maximum Gasteiger partial charge on any atom is 0.0432 e. The Hall–Kier alpha value is -2.27. The first-order chi connectivity index (χ1) is 7.88. The minimum atomic E-state index is 0.931. The van der Waals surface area contributed by atoms with Gasteiger partial charge in [0.15, 0.2) is 0 Å². The number of pyridine rings is 1. The average molecular weight is 208 g/mol. The summed E-state index contributed by atoms with van der Waals surface area (Å²) < 4.78 is 0. The topological polar surface area (TPSA) is 24.9 Å². The van der Waals surface area contributed by atoms with Gasteiger partial charge in [0.05, 0.1) is 0 Å². The van der Waals surface area contributed by atoms with Crippen molar-refractivity contribution in [1.29, 1.82) is 0 Å². The molecule has 0 saturated heterocycles. The zero-order chi connectivity index (χ0) is 11.2. The van der Waals surface area contributed by atoms with Gasteiger partial charge in [-0.25, -0.2) is 0 Å². The molecule has 0 aliphatic heterocycles. The third kappa shape index (κ3) is 2.61. The maximum atomic E-state index is 4.01. The molecule has 2 heteroatoms. The molecule has 0 spiro atoms. The van der Waals surface area contributed by atoms with E-state index in [9.17, 15) is 0 Å². The number of nitrogens with zero attached hydrogens (tertiary/aromatic N) is 1. The number of aromatic nitrogens is 1. The Morgan fingerprint density at radius 2 is 1.75 bits per heavy atom. The second-order valence-electron chi connectivity index (χ2n) is 3.32. The molecule has 0 aliphatic carbocycles. The van der Waals surface area contributed by atoms with Gasteiger partial charge < -0.3 is 5.32 Å². The van der Waals surface area contributed by atoms with Crippen LogP contribution in [0.4, 0.5) is 5.69 Å². The molecule has 2 nitrogen and oxygen atoms in total. The van der Waals surface area contributed by atoms with Gasteiger partial charge in [0, 0.05) is 36.3 Å². The lowest BCUT2D eigenvalue weighted by Crippen LogP contribution is -1.86. The summed E-state index contributed by atoms with van der Waals surface area (Å²) in [5.74, 6) is 6.16. The van der Waals surface area contributed by atoms with Crippen molar-refractivity contribution in [2.75, 3.05) is 12.4 Å². The summed E-state index contributed by atoms with van der Waals surface area (Å²) in [6.45, 7) is 0. The molecule has 0 fully saturated rings. The van der Waals surface area contributed by atoms with Crippen LogP contribution in [0.2, 0.25) is 0 Å². The Balaban J connectivity index is 2.18. The minimum absolute atomic E-state index is 0.931. The van der Waals surface area contributed by atoms with Crippen LogP contribution in [0.3, 0.4) is 0 Å².